The maximum absolute atomic E-state index is 13.3. The monoisotopic (exact) mass is 540 g/mol. The number of aromatic nitrogens is 2. The molecule has 39 heavy (non-hydrogen) atoms. The predicted octanol–water partition coefficient (Wildman–Crippen LogP) is 5.93. The third-order valence-corrected chi connectivity index (χ3v) is 6.96. The van der Waals surface area contributed by atoms with Gasteiger partial charge in [0.1, 0.15) is 5.82 Å². The van der Waals surface area contributed by atoms with Crippen LogP contribution < -0.4 is 10.6 Å². The first-order valence-corrected chi connectivity index (χ1v) is 12.8. The fourth-order valence-corrected chi connectivity index (χ4v) is 4.75. The second-order valence-corrected chi connectivity index (χ2v) is 9.82. The van der Waals surface area contributed by atoms with Gasteiger partial charge >= 0.3 is 6.18 Å². The van der Waals surface area contributed by atoms with Crippen LogP contribution in [-0.4, -0.2) is 34.9 Å². The van der Waals surface area contributed by atoms with Crippen LogP contribution in [0.4, 0.5) is 24.5 Å². The average Bonchev–Trinajstić information content (AvgIpc) is 3.38. The van der Waals surface area contributed by atoms with E-state index < -0.39 is 17.2 Å². The standard InChI is InChI=1S/C29H31F3N4O3/c1-19-23(17-33-20(2)35-19)26(37)8-5-13-28(14-15-39-18-28)27(38)34-16-21-9-11-22(12-10-21)36-25-7-4-3-6-24(25)29(30,31)32/h3-4,6-7,9-12,17,36H,5,8,13-16,18H2,1-2H3,(H,34,38). The van der Waals surface area contributed by atoms with E-state index in [4.69, 9.17) is 4.74 Å². The number of ether oxygens (including phenoxy) is 1. The zero-order valence-electron chi connectivity index (χ0n) is 21.9. The number of carbonyl (C=O) groups is 2. The molecule has 1 atom stereocenters. The van der Waals surface area contributed by atoms with Gasteiger partial charge in [0.25, 0.3) is 0 Å². The van der Waals surface area contributed by atoms with E-state index in [0.717, 1.165) is 11.6 Å². The van der Waals surface area contributed by atoms with Gasteiger partial charge in [-0.15, -0.1) is 0 Å². The molecule has 2 heterocycles. The number of para-hydroxylation sites is 1. The van der Waals surface area contributed by atoms with Crippen LogP contribution in [0, 0.1) is 19.3 Å². The summed E-state index contributed by atoms with van der Waals surface area (Å²) in [6, 6.07) is 12.1. The first-order chi connectivity index (χ1) is 18.6. The van der Waals surface area contributed by atoms with Crippen LogP contribution in [-0.2, 0) is 22.3 Å². The highest BCUT2D eigenvalue weighted by molar-refractivity contribution is 5.96. The molecule has 7 nitrogen and oxygen atoms in total. The van der Waals surface area contributed by atoms with Crippen molar-refractivity contribution < 1.29 is 27.5 Å². The van der Waals surface area contributed by atoms with Crippen LogP contribution in [0.3, 0.4) is 0 Å². The minimum atomic E-state index is -4.46. The highest BCUT2D eigenvalue weighted by atomic mass is 19.4. The van der Waals surface area contributed by atoms with Crippen molar-refractivity contribution in [2.24, 2.45) is 5.41 Å². The Kier molecular flexibility index (Phi) is 8.64. The van der Waals surface area contributed by atoms with Gasteiger partial charge in [0, 0.05) is 31.5 Å². The van der Waals surface area contributed by atoms with E-state index in [2.05, 4.69) is 20.6 Å². The summed E-state index contributed by atoms with van der Waals surface area (Å²) in [5.41, 5.74) is 0.976. The van der Waals surface area contributed by atoms with E-state index in [0.29, 0.717) is 55.2 Å². The zero-order valence-corrected chi connectivity index (χ0v) is 21.9. The van der Waals surface area contributed by atoms with Crippen LogP contribution in [0.5, 0.6) is 0 Å². The molecule has 4 rings (SSSR count). The number of halogens is 3. The second kappa shape index (κ2) is 11.9. The number of anilines is 2. The number of nitrogens with zero attached hydrogens (tertiary/aromatic N) is 2. The van der Waals surface area contributed by atoms with E-state index in [9.17, 15) is 22.8 Å². The number of hydrogen-bond acceptors (Lipinski definition) is 6. The number of nitrogens with one attached hydrogen (secondary N) is 2. The molecule has 2 N–H and O–H groups in total. The smallest absolute Gasteiger partial charge is 0.380 e. The van der Waals surface area contributed by atoms with Gasteiger partial charge in [-0.05, 0) is 62.9 Å². The number of hydrogen-bond donors (Lipinski definition) is 2. The maximum atomic E-state index is 13.3. The summed E-state index contributed by atoms with van der Waals surface area (Å²) < 4.78 is 45.4. The number of aryl methyl sites for hydroxylation is 2. The second-order valence-electron chi connectivity index (χ2n) is 9.82. The van der Waals surface area contributed by atoms with Crippen molar-refractivity contribution in [1.29, 1.82) is 0 Å². The molecule has 1 fully saturated rings. The van der Waals surface area contributed by atoms with E-state index in [1.54, 1.807) is 44.3 Å². The summed E-state index contributed by atoms with van der Waals surface area (Å²) in [6.07, 6.45) is -1.01. The molecule has 3 aromatic rings. The number of ketones is 1. The molecule has 206 valence electrons. The Morgan fingerprint density at radius 2 is 1.82 bits per heavy atom. The minimum absolute atomic E-state index is 0.0298. The van der Waals surface area contributed by atoms with Crippen molar-refractivity contribution in [1.82, 2.24) is 15.3 Å². The highest BCUT2D eigenvalue weighted by Gasteiger charge is 2.41. The largest absolute Gasteiger partial charge is 0.418 e. The van der Waals surface area contributed by atoms with Crippen molar-refractivity contribution in [3.05, 3.63) is 82.9 Å². The molecule has 1 unspecified atom stereocenters. The van der Waals surface area contributed by atoms with Crippen molar-refractivity contribution in [2.45, 2.75) is 52.3 Å². The molecule has 2 aromatic carbocycles. The summed E-state index contributed by atoms with van der Waals surface area (Å²) >= 11 is 0. The topological polar surface area (TPSA) is 93.2 Å². The molecule has 1 aliphatic rings. The lowest BCUT2D eigenvalue weighted by atomic mass is 9.80. The van der Waals surface area contributed by atoms with Crippen LogP contribution in [0.1, 0.15) is 58.7 Å². The fraction of sp³-hybridized carbons (Fsp3) is 0.379. The molecule has 0 radical (unpaired) electrons. The lowest BCUT2D eigenvalue weighted by Crippen LogP contribution is -2.41. The fourth-order valence-electron chi connectivity index (χ4n) is 4.75. The van der Waals surface area contributed by atoms with Gasteiger partial charge in [-0.1, -0.05) is 24.3 Å². The van der Waals surface area contributed by atoms with Crippen molar-refractivity contribution in [2.75, 3.05) is 18.5 Å². The summed E-state index contributed by atoms with van der Waals surface area (Å²) in [6.45, 7) is 4.59. The van der Waals surface area contributed by atoms with Crippen LogP contribution in [0.25, 0.3) is 0 Å². The maximum Gasteiger partial charge on any atom is 0.418 e. The minimum Gasteiger partial charge on any atom is -0.380 e. The number of benzene rings is 2. The van der Waals surface area contributed by atoms with E-state index >= 15 is 0 Å². The van der Waals surface area contributed by atoms with E-state index in [1.165, 1.54) is 18.2 Å². The number of alkyl halides is 3. The Labute approximate surface area is 225 Å². The summed E-state index contributed by atoms with van der Waals surface area (Å²) in [7, 11) is 0. The summed E-state index contributed by atoms with van der Waals surface area (Å²) in [5, 5.41) is 5.78. The Balaban J connectivity index is 1.32. The van der Waals surface area contributed by atoms with Crippen molar-refractivity contribution in [3.8, 4) is 0 Å². The third kappa shape index (κ3) is 7.00. The quantitative estimate of drug-likeness (QED) is 0.310. The van der Waals surface area contributed by atoms with Crippen LogP contribution in [0.15, 0.2) is 54.7 Å². The van der Waals surface area contributed by atoms with Gasteiger partial charge in [-0.2, -0.15) is 13.2 Å². The molecule has 0 saturated carbocycles. The predicted molar refractivity (Wildman–Crippen MR) is 141 cm³/mol. The Hall–Kier alpha value is -3.79. The number of amides is 1. The van der Waals surface area contributed by atoms with Crippen molar-refractivity contribution >= 4 is 23.1 Å². The van der Waals surface area contributed by atoms with Gasteiger partial charge < -0.3 is 15.4 Å². The summed E-state index contributed by atoms with van der Waals surface area (Å²) in [5.74, 6) is 0.428. The lowest BCUT2D eigenvalue weighted by Gasteiger charge is -2.26. The molecule has 1 saturated heterocycles. The first-order valence-electron chi connectivity index (χ1n) is 12.8. The molecular formula is C29H31F3N4O3. The average molecular weight is 541 g/mol. The lowest BCUT2D eigenvalue weighted by molar-refractivity contribution is -0.137. The van der Waals surface area contributed by atoms with Crippen molar-refractivity contribution in [3.63, 3.8) is 0 Å². The van der Waals surface area contributed by atoms with Gasteiger partial charge in [-0.3, -0.25) is 9.59 Å². The van der Waals surface area contributed by atoms with Crippen LogP contribution >= 0.6 is 0 Å². The third-order valence-electron chi connectivity index (χ3n) is 6.96. The Bertz CT molecular complexity index is 1320. The molecule has 0 bridgehead atoms. The molecule has 0 aliphatic carbocycles. The Morgan fingerprint density at radius 1 is 1.08 bits per heavy atom. The van der Waals surface area contributed by atoms with Gasteiger partial charge in [-0.25, -0.2) is 9.97 Å². The number of Topliss-reactive ketones (excluding diaryl/α,β-unsaturated/α-hetero) is 1. The van der Waals surface area contributed by atoms with E-state index in [1.807, 2.05) is 0 Å². The first kappa shape index (κ1) is 28.2. The molecule has 10 heteroatoms. The van der Waals surface area contributed by atoms with Crippen LogP contribution in [0.2, 0.25) is 0 Å². The molecule has 1 aliphatic heterocycles. The number of rotatable bonds is 10. The van der Waals surface area contributed by atoms with Gasteiger partial charge in [0.2, 0.25) is 5.91 Å². The van der Waals surface area contributed by atoms with E-state index in [-0.39, 0.29) is 30.3 Å². The molecule has 1 aromatic heterocycles. The highest BCUT2D eigenvalue weighted by Crippen LogP contribution is 2.36. The zero-order chi connectivity index (χ0) is 28.0. The molecular weight excluding hydrogens is 509 g/mol. The molecule has 1 amide bonds. The molecule has 0 spiro atoms. The van der Waals surface area contributed by atoms with Gasteiger partial charge in [0.15, 0.2) is 5.78 Å². The van der Waals surface area contributed by atoms with Gasteiger partial charge in [0.05, 0.1) is 34.5 Å². The normalized spacial score (nSPS) is 17.2. The Morgan fingerprint density at radius 3 is 2.49 bits per heavy atom. The summed E-state index contributed by atoms with van der Waals surface area (Å²) in [4.78, 5) is 34.2. The number of carbonyl (C=O) groups excluding carboxylic acids is 2. The SMILES string of the molecule is Cc1ncc(C(=O)CCCC2(C(=O)NCc3ccc(Nc4ccccc4C(F)(F)F)cc3)CCOC2)c(C)n1.